The van der Waals surface area contributed by atoms with Crippen LogP contribution in [0.4, 0.5) is 11.4 Å². The van der Waals surface area contributed by atoms with Crippen molar-refractivity contribution in [1.82, 2.24) is 10.2 Å². The third-order valence-electron chi connectivity index (χ3n) is 5.92. The molecule has 176 valence electrons. The lowest BCUT2D eigenvalue weighted by Crippen LogP contribution is -2.41. The molecule has 0 saturated heterocycles. The molecule has 0 spiro atoms. The van der Waals surface area contributed by atoms with Gasteiger partial charge in [-0.15, -0.1) is 0 Å². The molecule has 0 aliphatic heterocycles. The van der Waals surface area contributed by atoms with Gasteiger partial charge < -0.3 is 16.0 Å². The van der Waals surface area contributed by atoms with E-state index in [1.54, 1.807) is 29.2 Å². The molecule has 1 aliphatic carbocycles. The highest BCUT2D eigenvalue weighted by molar-refractivity contribution is 5.93. The van der Waals surface area contributed by atoms with Crippen molar-refractivity contribution in [1.29, 1.82) is 0 Å². The van der Waals surface area contributed by atoms with Gasteiger partial charge in [0.25, 0.3) is 0 Å². The zero-order valence-electron chi connectivity index (χ0n) is 19.7. The molecule has 7 nitrogen and oxygen atoms in total. The monoisotopic (exact) mass is 450 g/mol. The second-order valence-corrected chi connectivity index (χ2v) is 8.63. The maximum atomic E-state index is 12.6. The number of carbonyl (C=O) groups excluding carboxylic acids is 3. The molecule has 0 bridgehead atoms. The van der Waals surface area contributed by atoms with Crippen LogP contribution >= 0.6 is 0 Å². The zero-order valence-corrected chi connectivity index (χ0v) is 19.7. The number of rotatable bonds is 9. The quantitative estimate of drug-likeness (QED) is 0.544. The molecule has 1 aliphatic rings. The van der Waals surface area contributed by atoms with Crippen molar-refractivity contribution >= 4 is 29.1 Å². The summed E-state index contributed by atoms with van der Waals surface area (Å²) in [5.41, 5.74) is 5.25. The summed E-state index contributed by atoms with van der Waals surface area (Å²) in [5, 5.41) is 8.58. The number of anilines is 2. The maximum absolute atomic E-state index is 12.6. The molecule has 1 unspecified atom stereocenters. The summed E-state index contributed by atoms with van der Waals surface area (Å²) in [6.07, 6.45) is 4.73. The van der Waals surface area contributed by atoms with Crippen LogP contribution < -0.4 is 16.0 Å². The SMILES string of the molecule is CCN(CC(=O)Nc1ccc(NC(C)=O)cc1)CC(=O)NC(C)c1ccc2c(c1)CCCC2. The van der Waals surface area contributed by atoms with E-state index in [-0.39, 0.29) is 36.9 Å². The van der Waals surface area contributed by atoms with Gasteiger partial charge in [-0.05, 0) is 80.1 Å². The molecule has 0 radical (unpaired) electrons. The number of nitrogens with zero attached hydrogens (tertiary/aromatic N) is 1. The molecule has 33 heavy (non-hydrogen) atoms. The molecule has 0 fully saturated rings. The minimum absolute atomic E-state index is 0.0839. The van der Waals surface area contributed by atoms with Gasteiger partial charge in [0.05, 0.1) is 19.1 Å². The van der Waals surface area contributed by atoms with Crippen molar-refractivity contribution in [3.05, 3.63) is 59.2 Å². The summed E-state index contributed by atoms with van der Waals surface area (Å²) in [7, 11) is 0. The van der Waals surface area contributed by atoms with Gasteiger partial charge in [0.1, 0.15) is 0 Å². The summed E-state index contributed by atoms with van der Waals surface area (Å²) in [4.78, 5) is 38.0. The average molecular weight is 451 g/mol. The Hall–Kier alpha value is -3.19. The molecule has 3 rings (SSSR count). The van der Waals surface area contributed by atoms with E-state index >= 15 is 0 Å². The van der Waals surface area contributed by atoms with E-state index in [1.807, 2.05) is 13.8 Å². The van der Waals surface area contributed by atoms with Crippen LogP contribution in [-0.2, 0) is 27.2 Å². The first-order valence-electron chi connectivity index (χ1n) is 11.6. The van der Waals surface area contributed by atoms with Crippen LogP contribution in [-0.4, -0.2) is 42.3 Å². The summed E-state index contributed by atoms with van der Waals surface area (Å²) in [6.45, 7) is 6.21. The van der Waals surface area contributed by atoms with E-state index in [0.717, 1.165) is 18.4 Å². The Morgan fingerprint density at radius 1 is 0.879 bits per heavy atom. The molecular weight excluding hydrogens is 416 g/mol. The first-order valence-corrected chi connectivity index (χ1v) is 11.6. The fourth-order valence-corrected chi connectivity index (χ4v) is 4.12. The number of fused-ring (bicyclic) bond motifs is 1. The molecular formula is C26H34N4O3. The standard InChI is InChI=1S/C26H34N4O3/c1-4-30(17-26(33)29-24-13-11-23(12-14-24)28-19(3)31)16-25(32)27-18(2)21-10-9-20-7-5-6-8-22(20)15-21/h9-15,18H,4-8,16-17H2,1-3H3,(H,27,32)(H,28,31)(H,29,33). The third-order valence-corrected chi connectivity index (χ3v) is 5.92. The largest absolute Gasteiger partial charge is 0.348 e. The lowest BCUT2D eigenvalue weighted by atomic mass is 9.89. The Labute approximate surface area is 195 Å². The van der Waals surface area contributed by atoms with E-state index < -0.39 is 0 Å². The Balaban J connectivity index is 1.48. The van der Waals surface area contributed by atoms with Gasteiger partial charge in [-0.3, -0.25) is 19.3 Å². The number of benzene rings is 2. The van der Waals surface area contributed by atoms with E-state index in [1.165, 1.54) is 30.9 Å². The Morgan fingerprint density at radius 3 is 2.12 bits per heavy atom. The van der Waals surface area contributed by atoms with E-state index in [2.05, 4.69) is 34.1 Å². The van der Waals surface area contributed by atoms with E-state index in [9.17, 15) is 14.4 Å². The number of nitrogens with one attached hydrogen (secondary N) is 3. The van der Waals surface area contributed by atoms with Crippen molar-refractivity contribution in [2.75, 3.05) is 30.3 Å². The number of aryl methyl sites for hydroxylation is 2. The van der Waals surface area contributed by atoms with Crippen LogP contribution in [0, 0.1) is 0 Å². The van der Waals surface area contributed by atoms with Crippen LogP contribution in [0.2, 0.25) is 0 Å². The van der Waals surface area contributed by atoms with Gasteiger partial charge in [0.15, 0.2) is 0 Å². The number of carbonyl (C=O) groups is 3. The molecule has 7 heteroatoms. The predicted molar refractivity (Wildman–Crippen MR) is 131 cm³/mol. The van der Waals surface area contributed by atoms with Crippen LogP contribution in [0.5, 0.6) is 0 Å². The minimum atomic E-state index is -0.195. The van der Waals surface area contributed by atoms with Crippen molar-refractivity contribution in [3.63, 3.8) is 0 Å². The summed E-state index contributed by atoms with van der Waals surface area (Å²) < 4.78 is 0. The molecule has 1 atom stereocenters. The summed E-state index contributed by atoms with van der Waals surface area (Å²) in [6, 6.07) is 13.4. The normalized spacial score (nSPS) is 13.7. The highest BCUT2D eigenvalue weighted by Crippen LogP contribution is 2.24. The summed E-state index contributed by atoms with van der Waals surface area (Å²) in [5.74, 6) is -0.446. The third kappa shape index (κ3) is 7.43. The molecule has 2 aromatic carbocycles. The van der Waals surface area contributed by atoms with E-state index in [4.69, 9.17) is 0 Å². The molecule has 0 saturated carbocycles. The first kappa shape index (κ1) is 24.5. The highest BCUT2D eigenvalue weighted by atomic mass is 16.2. The Kier molecular flexibility index (Phi) is 8.60. The van der Waals surface area contributed by atoms with Gasteiger partial charge in [-0.2, -0.15) is 0 Å². The van der Waals surface area contributed by atoms with Crippen molar-refractivity contribution in [2.45, 2.75) is 52.5 Å². The summed E-state index contributed by atoms with van der Waals surface area (Å²) >= 11 is 0. The van der Waals surface area contributed by atoms with Crippen molar-refractivity contribution in [2.24, 2.45) is 0 Å². The number of hydrogen-bond acceptors (Lipinski definition) is 4. The zero-order chi connectivity index (χ0) is 23.8. The smallest absolute Gasteiger partial charge is 0.238 e. The van der Waals surface area contributed by atoms with Gasteiger partial charge in [-0.1, -0.05) is 25.1 Å². The first-order chi connectivity index (χ1) is 15.8. The van der Waals surface area contributed by atoms with Crippen molar-refractivity contribution in [3.8, 4) is 0 Å². The molecule has 0 heterocycles. The van der Waals surface area contributed by atoms with Gasteiger partial charge in [0.2, 0.25) is 17.7 Å². The van der Waals surface area contributed by atoms with E-state index in [0.29, 0.717) is 17.9 Å². The van der Waals surface area contributed by atoms with Crippen LogP contribution in [0.3, 0.4) is 0 Å². The fourth-order valence-electron chi connectivity index (χ4n) is 4.12. The number of hydrogen-bond donors (Lipinski definition) is 3. The van der Waals surface area contributed by atoms with Gasteiger partial charge in [-0.25, -0.2) is 0 Å². The molecule has 3 amide bonds. The van der Waals surface area contributed by atoms with Crippen LogP contribution in [0.1, 0.15) is 56.3 Å². The lowest BCUT2D eigenvalue weighted by molar-refractivity contribution is -0.124. The number of likely N-dealkylation sites (N-methyl/N-ethyl adjacent to an activating group) is 1. The predicted octanol–water partition coefficient (Wildman–Crippen LogP) is 3.66. The van der Waals surface area contributed by atoms with Gasteiger partial charge >= 0.3 is 0 Å². The lowest BCUT2D eigenvalue weighted by Gasteiger charge is -2.22. The average Bonchev–Trinajstić information content (AvgIpc) is 2.79. The van der Waals surface area contributed by atoms with Crippen LogP contribution in [0.25, 0.3) is 0 Å². The number of amides is 3. The highest BCUT2D eigenvalue weighted by Gasteiger charge is 2.17. The van der Waals surface area contributed by atoms with Crippen molar-refractivity contribution < 1.29 is 14.4 Å². The maximum Gasteiger partial charge on any atom is 0.238 e. The molecule has 2 aromatic rings. The Bertz CT molecular complexity index is 988. The molecule has 0 aromatic heterocycles. The van der Waals surface area contributed by atoms with Crippen LogP contribution in [0.15, 0.2) is 42.5 Å². The minimum Gasteiger partial charge on any atom is -0.348 e. The fraction of sp³-hybridized carbons (Fsp3) is 0.423. The topological polar surface area (TPSA) is 90.5 Å². The Morgan fingerprint density at radius 2 is 1.48 bits per heavy atom. The molecule has 3 N–H and O–H groups in total. The second kappa shape index (κ2) is 11.6. The van der Waals surface area contributed by atoms with Gasteiger partial charge in [0, 0.05) is 18.3 Å². The second-order valence-electron chi connectivity index (χ2n) is 8.63.